The summed E-state index contributed by atoms with van der Waals surface area (Å²) in [6.45, 7) is 5.98. The molecule has 90 valence electrons. The van der Waals surface area contributed by atoms with E-state index in [2.05, 4.69) is 0 Å². The lowest BCUT2D eigenvalue weighted by Crippen LogP contribution is -2.32. The van der Waals surface area contributed by atoms with Gasteiger partial charge in [-0.1, -0.05) is 0 Å². The Bertz CT molecular complexity index is 190. The molecule has 0 spiro atoms. The Balaban J connectivity index is 3.81. The van der Waals surface area contributed by atoms with Crippen LogP contribution in [0.25, 0.3) is 0 Å². The second-order valence-corrected chi connectivity index (χ2v) is 3.82. The Labute approximate surface area is 90.3 Å². The minimum Gasteiger partial charge on any atom is -0.481 e. The van der Waals surface area contributed by atoms with Gasteiger partial charge in [0.15, 0.2) is 6.29 Å². The number of methoxy groups -OCH3 is 1. The van der Waals surface area contributed by atoms with Crippen LogP contribution in [0.5, 0.6) is 0 Å². The molecule has 0 fully saturated rings. The van der Waals surface area contributed by atoms with E-state index in [1.165, 1.54) is 7.11 Å². The Kier molecular flexibility index (Phi) is 6.47. The first-order valence-corrected chi connectivity index (χ1v) is 4.89. The van der Waals surface area contributed by atoms with Gasteiger partial charge in [0.2, 0.25) is 0 Å². The molecule has 0 amide bonds. The van der Waals surface area contributed by atoms with Gasteiger partial charge in [-0.15, -0.1) is 0 Å². The summed E-state index contributed by atoms with van der Waals surface area (Å²) >= 11 is 0. The minimum absolute atomic E-state index is 0.134. The summed E-state index contributed by atoms with van der Waals surface area (Å²) in [5.74, 6) is -0.882. The second-order valence-electron chi connectivity index (χ2n) is 3.82. The van der Waals surface area contributed by atoms with Crippen molar-refractivity contribution in [1.29, 1.82) is 0 Å². The molecule has 0 aromatic heterocycles. The van der Waals surface area contributed by atoms with Gasteiger partial charge in [0, 0.05) is 13.7 Å². The highest BCUT2D eigenvalue weighted by atomic mass is 16.7. The molecule has 0 aromatic carbocycles. The normalized spacial score (nSPS) is 13.9. The SMILES string of the molecule is CCOC(COCC(C)(C)C(=O)O)OC. The van der Waals surface area contributed by atoms with E-state index in [-0.39, 0.29) is 13.2 Å². The standard InChI is InChI=1S/C10H20O5/c1-5-15-8(13-4)6-14-7-10(2,3)9(11)12/h8H,5-7H2,1-4H3,(H,11,12). The van der Waals surface area contributed by atoms with E-state index < -0.39 is 17.7 Å². The predicted octanol–water partition coefficient (Wildman–Crippen LogP) is 1.12. The molecule has 5 heteroatoms. The third-order valence-electron chi connectivity index (χ3n) is 1.91. The van der Waals surface area contributed by atoms with Crippen molar-refractivity contribution in [2.24, 2.45) is 5.41 Å². The molecule has 0 radical (unpaired) electrons. The van der Waals surface area contributed by atoms with Crippen LogP contribution < -0.4 is 0 Å². The number of rotatable bonds is 8. The van der Waals surface area contributed by atoms with Crippen molar-refractivity contribution in [3.05, 3.63) is 0 Å². The molecule has 0 aliphatic rings. The van der Waals surface area contributed by atoms with Crippen LogP contribution in [0.3, 0.4) is 0 Å². The van der Waals surface area contributed by atoms with Gasteiger partial charge in [-0.2, -0.15) is 0 Å². The fourth-order valence-electron chi connectivity index (χ4n) is 0.842. The van der Waals surface area contributed by atoms with Crippen LogP contribution in [0.15, 0.2) is 0 Å². The lowest BCUT2D eigenvalue weighted by molar-refractivity contribution is -0.168. The summed E-state index contributed by atoms with van der Waals surface area (Å²) in [6.07, 6.45) is -0.431. The summed E-state index contributed by atoms with van der Waals surface area (Å²) < 4.78 is 15.4. The zero-order chi connectivity index (χ0) is 11.9. The Morgan fingerprint density at radius 1 is 1.47 bits per heavy atom. The van der Waals surface area contributed by atoms with Gasteiger partial charge in [-0.05, 0) is 20.8 Å². The fourth-order valence-corrected chi connectivity index (χ4v) is 0.842. The molecule has 0 saturated carbocycles. The maximum atomic E-state index is 10.7. The number of hydrogen-bond donors (Lipinski definition) is 1. The van der Waals surface area contributed by atoms with Crippen LogP contribution in [0.1, 0.15) is 20.8 Å². The zero-order valence-electron chi connectivity index (χ0n) is 9.78. The lowest BCUT2D eigenvalue weighted by atomic mass is 9.95. The monoisotopic (exact) mass is 220 g/mol. The van der Waals surface area contributed by atoms with Crippen LogP contribution in [0.2, 0.25) is 0 Å². The van der Waals surface area contributed by atoms with Crippen molar-refractivity contribution < 1.29 is 24.1 Å². The van der Waals surface area contributed by atoms with Crippen molar-refractivity contribution in [1.82, 2.24) is 0 Å². The van der Waals surface area contributed by atoms with Gasteiger partial charge >= 0.3 is 5.97 Å². The first-order valence-electron chi connectivity index (χ1n) is 4.89. The second kappa shape index (κ2) is 6.76. The molecule has 1 atom stereocenters. The first-order chi connectivity index (χ1) is 6.94. The molecular weight excluding hydrogens is 200 g/mol. The van der Waals surface area contributed by atoms with Crippen LogP contribution in [-0.2, 0) is 19.0 Å². The molecule has 1 N–H and O–H groups in total. The number of carboxylic acid groups (broad SMARTS) is 1. The quantitative estimate of drug-likeness (QED) is 0.621. The molecule has 5 nitrogen and oxygen atoms in total. The van der Waals surface area contributed by atoms with E-state index in [1.807, 2.05) is 6.92 Å². The molecule has 0 bridgehead atoms. The van der Waals surface area contributed by atoms with Crippen molar-refractivity contribution in [2.75, 3.05) is 26.9 Å². The molecule has 0 saturated heterocycles. The third-order valence-corrected chi connectivity index (χ3v) is 1.91. The van der Waals surface area contributed by atoms with Gasteiger partial charge in [0.1, 0.15) is 0 Å². The van der Waals surface area contributed by atoms with E-state index in [0.717, 1.165) is 0 Å². The molecule has 0 aliphatic heterocycles. The van der Waals surface area contributed by atoms with Gasteiger partial charge in [-0.25, -0.2) is 0 Å². The average molecular weight is 220 g/mol. The van der Waals surface area contributed by atoms with Crippen LogP contribution >= 0.6 is 0 Å². The van der Waals surface area contributed by atoms with Gasteiger partial charge < -0.3 is 19.3 Å². The highest BCUT2D eigenvalue weighted by Gasteiger charge is 2.27. The molecule has 0 heterocycles. The first kappa shape index (κ1) is 14.3. The summed E-state index contributed by atoms with van der Waals surface area (Å²) in [5.41, 5.74) is -0.884. The molecule has 0 aliphatic carbocycles. The number of aliphatic carboxylic acids is 1. The summed E-state index contributed by atoms with van der Waals surface area (Å²) in [4.78, 5) is 10.7. The molecular formula is C10H20O5. The van der Waals surface area contributed by atoms with Crippen molar-refractivity contribution in [3.8, 4) is 0 Å². The molecule has 1 unspecified atom stereocenters. The Morgan fingerprint density at radius 2 is 2.07 bits per heavy atom. The maximum absolute atomic E-state index is 10.7. The van der Waals surface area contributed by atoms with E-state index in [4.69, 9.17) is 19.3 Å². The number of carboxylic acids is 1. The zero-order valence-corrected chi connectivity index (χ0v) is 9.78. The maximum Gasteiger partial charge on any atom is 0.311 e. The number of hydrogen-bond acceptors (Lipinski definition) is 4. The van der Waals surface area contributed by atoms with E-state index >= 15 is 0 Å². The lowest BCUT2D eigenvalue weighted by Gasteiger charge is -2.21. The topological polar surface area (TPSA) is 65.0 Å². The molecule has 15 heavy (non-hydrogen) atoms. The van der Waals surface area contributed by atoms with Crippen LogP contribution in [-0.4, -0.2) is 44.3 Å². The van der Waals surface area contributed by atoms with Crippen molar-refractivity contribution >= 4 is 5.97 Å². The fraction of sp³-hybridized carbons (Fsp3) is 0.900. The molecule has 0 rings (SSSR count). The molecule has 0 aromatic rings. The number of ether oxygens (including phenoxy) is 3. The Morgan fingerprint density at radius 3 is 2.47 bits per heavy atom. The highest BCUT2D eigenvalue weighted by Crippen LogP contribution is 2.15. The van der Waals surface area contributed by atoms with Crippen LogP contribution in [0.4, 0.5) is 0 Å². The van der Waals surface area contributed by atoms with Crippen molar-refractivity contribution in [2.45, 2.75) is 27.1 Å². The highest BCUT2D eigenvalue weighted by molar-refractivity contribution is 5.73. The van der Waals surface area contributed by atoms with Crippen LogP contribution in [0, 0.1) is 5.41 Å². The smallest absolute Gasteiger partial charge is 0.311 e. The third kappa shape index (κ3) is 5.71. The number of carbonyl (C=O) groups is 1. The van der Waals surface area contributed by atoms with Crippen molar-refractivity contribution in [3.63, 3.8) is 0 Å². The minimum atomic E-state index is -0.884. The van der Waals surface area contributed by atoms with Gasteiger partial charge in [-0.3, -0.25) is 4.79 Å². The van der Waals surface area contributed by atoms with E-state index in [1.54, 1.807) is 13.8 Å². The average Bonchev–Trinajstić information content (AvgIpc) is 2.16. The Hall–Kier alpha value is -0.650. The van der Waals surface area contributed by atoms with Gasteiger partial charge in [0.25, 0.3) is 0 Å². The predicted molar refractivity (Wildman–Crippen MR) is 54.7 cm³/mol. The summed E-state index contributed by atoms with van der Waals surface area (Å²) in [6, 6.07) is 0. The largest absolute Gasteiger partial charge is 0.481 e. The van der Waals surface area contributed by atoms with E-state index in [0.29, 0.717) is 6.61 Å². The van der Waals surface area contributed by atoms with E-state index in [9.17, 15) is 4.79 Å². The summed E-state index contributed by atoms with van der Waals surface area (Å²) in [5, 5.41) is 8.82. The summed E-state index contributed by atoms with van der Waals surface area (Å²) in [7, 11) is 1.52. The van der Waals surface area contributed by atoms with Gasteiger partial charge in [0.05, 0.1) is 18.6 Å².